The molecule has 0 radical (unpaired) electrons. The lowest BCUT2D eigenvalue weighted by atomic mass is 10.3. The molecule has 0 saturated heterocycles. The Morgan fingerprint density at radius 3 is 2.82 bits per heavy atom. The van der Waals surface area contributed by atoms with Gasteiger partial charge in [0.25, 0.3) is 0 Å². The maximum atomic E-state index is 11.2. The summed E-state index contributed by atoms with van der Waals surface area (Å²) in [5.41, 5.74) is 0.738. The SMILES string of the molecule is C=CCNC(=O)/C=C/c1cnc(OCC)nc1. The van der Waals surface area contributed by atoms with Crippen LogP contribution in [-0.4, -0.2) is 29.0 Å². The highest BCUT2D eigenvalue weighted by molar-refractivity contribution is 5.91. The van der Waals surface area contributed by atoms with Gasteiger partial charge in [0.1, 0.15) is 0 Å². The third-order valence-electron chi connectivity index (χ3n) is 1.77. The van der Waals surface area contributed by atoms with Crippen LogP contribution in [0.4, 0.5) is 0 Å². The smallest absolute Gasteiger partial charge is 0.316 e. The van der Waals surface area contributed by atoms with E-state index in [-0.39, 0.29) is 5.91 Å². The first-order chi connectivity index (χ1) is 8.26. The zero-order valence-corrected chi connectivity index (χ0v) is 9.72. The van der Waals surface area contributed by atoms with Crippen LogP contribution >= 0.6 is 0 Å². The van der Waals surface area contributed by atoms with Crippen molar-refractivity contribution in [2.45, 2.75) is 6.92 Å². The number of ether oxygens (including phenoxy) is 1. The zero-order chi connectivity index (χ0) is 12.5. The molecule has 1 N–H and O–H groups in total. The second-order valence-electron chi connectivity index (χ2n) is 3.10. The summed E-state index contributed by atoms with van der Waals surface area (Å²) in [6.45, 7) is 6.34. The summed E-state index contributed by atoms with van der Waals surface area (Å²) in [5.74, 6) is -0.182. The minimum atomic E-state index is -0.182. The van der Waals surface area contributed by atoms with Crippen molar-refractivity contribution in [1.82, 2.24) is 15.3 Å². The van der Waals surface area contributed by atoms with Crippen molar-refractivity contribution in [1.29, 1.82) is 0 Å². The van der Waals surface area contributed by atoms with Crippen LogP contribution in [-0.2, 0) is 4.79 Å². The summed E-state index contributed by atoms with van der Waals surface area (Å²) in [7, 11) is 0. The molecule has 5 heteroatoms. The molecule has 0 fully saturated rings. The number of carbonyl (C=O) groups excluding carboxylic acids is 1. The van der Waals surface area contributed by atoms with E-state index in [1.54, 1.807) is 24.5 Å². The minimum absolute atomic E-state index is 0.182. The van der Waals surface area contributed by atoms with E-state index in [1.807, 2.05) is 6.92 Å². The highest BCUT2D eigenvalue weighted by Crippen LogP contribution is 2.03. The van der Waals surface area contributed by atoms with Gasteiger partial charge in [0.15, 0.2) is 0 Å². The van der Waals surface area contributed by atoms with Gasteiger partial charge in [-0.1, -0.05) is 6.08 Å². The van der Waals surface area contributed by atoms with Gasteiger partial charge in [-0.25, -0.2) is 9.97 Å². The predicted octanol–water partition coefficient (Wildman–Crippen LogP) is 1.19. The second-order valence-corrected chi connectivity index (χ2v) is 3.10. The third kappa shape index (κ3) is 4.92. The molecular formula is C12H15N3O2. The molecule has 0 bridgehead atoms. The Bertz CT molecular complexity index is 399. The van der Waals surface area contributed by atoms with E-state index in [0.717, 1.165) is 5.56 Å². The molecule has 0 spiro atoms. The summed E-state index contributed by atoms with van der Waals surface area (Å²) >= 11 is 0. The average molecular weight is 233 g/mol. The lowest BCUT2D eigenvalue weighted by Gasteiger charge is -1.99. The van der Waals surface area contributed by atoms with E-state index in [4.69, 9.17) is 4.74 Å². The minimum Gasteiger partial charge on any atom is -0.464 e. The summed E-state index contributed by atoms with van der Waals surface area (Å²) < 4.78 is 5.10. The predicted molar refractivity (Wildman–Crippen MR) is 65.4 cm³/mol. The van der Waals surface area contributed by atoms with E-state index >= 15 is 0 Å². The van der Waals surface area contributed by atoms with Gasteiger partial charge in [-0.2, -0.15) is 0 Å². The molecule has 1 aromatic rings. The molecule has 0 aliphatic rings. The summed E-state index contributed by atoms with van der Waals surface area (Å²) in [5, 5.41) is 2.62. The quantitative estimate of drug-likeness (QED) is 0.592. The first kappa shape index (κ1) is 12.9. The molecule has 1 amide bonds. The number of rotatable bonds is 6. The van der Waals surface area contributed by atoms with Gasteiger partial charge in [-0.05, 0) is 13.0 Å². The Kier molecular flexibility index (Phi) is 5.43. The Balaban J connectivity index is 2.53. The third-order valence-corrected chi connectivity index (χ3v) is 1.77. The molecule has 0 unspecified atom stereocenters. The van der Waals surface area contributed by atoms with E-state index in [9.17, 15) is 4.79 Å². The Morgan fingerprint density at radius 1 is 1.53 bits per heavy atom. The van der Waals surface area contributed by atoms with Gasteiger partial charge < -0.3 is 10.1 Å². The van der Waals surface area contributed by atoms with Crippen molar-refractivity contribution >= 4 is 12.0 Å². The maximum absolute atomic E-state index is 11.2. The van der Waals surface area contributed by atoms with Crippen LogP contribution in [0.15, 0.2) is 31.1 Å². The first-order valence-electron chi connectivity index (χ1n) is 5.28. The Labute approximate surface area is 100 Å². The van der Waals surface area contributed by atoms with Gasteiger partial charge in [0.2, 0.25) is 5.91 Å². The van der Waals surface area contributed by atoms with Crippen molar-refractivity contribution in [3.05, 3.63) is 36.7 Å². The number of amides is 1. The van der Waals surface area contributed by atoms with E-state index in [0.29, 0.717) is 19.2 Å². The van der Waals surface area contributed by atoms with Crippen LogP contribution in [0.2, 0.25) is 0 Å². The van der Waals surface area contributed by atoms with E-state index in [1.165, 1.54) is 6.08 Å². The van der Waals surface area contributed by atoms with Gasteiger partial charge in [0.05, 0.1) is 6.61 Å². The molecule has 1 aromatic heterocycles. The Hall–Kier alpha value is -2.17. The van der Waals surface area contributed by atoms with Crippen LogP contribution < -0.4 is 10.1 Å². The summed E-state index contributed by atoms with van der Waals surface area (Å²) in [6.07, 6.45) is 7.85. The topological polar surface area (TPSA) is 64.1 Å². The number of aromatic nitrogens is 2. The van der Waals surface area contributed by atoms with Crippen molar-refractivity contribution in [3.63, 3.8) is 0 Å². The van der Waals surface area contributed by atoms with Gasteiger partial charge in [0, 0.05) is 30.6 Å². The van der Waals surface area contributed by atoms with Crippen LogP contribution in [0.3, 0.4) is 0 Å². The molecule has 17 heavy (non-hydrogen) atoms. The van der Waals surface area contributed by atoms with Crippen LogP contribution in [0.1, 0.15) is 12.5 Å². The largest absolute Gasteiger partial charge is 0.464 e. The van der Waals surface area contributed by atoms with Crippen LogP contribution in [0.5, 0.6) is 6.01 Å². The fourth-order valence-corrected chi connectivity index (χ4v) is 1.02. The number of nitrogens with zero attached hydrogens (tertiary/aromatic N) is 2. The van der Waals surface area contributed by atoms with Crippen molar-refractivity contribution in [2.75, 3.05) is 13.2 Å². The molecule has 0 aromatic carbocycles. The maximum Gasteiger partial charge on any atom is 0.316 e. The molecular weight excluding hydrogens is 218 g/mol. The van der Waals surface area contributed by atoms with E-state index < -0.39 is 0 Å². The standard InChI is InChI=1S/C12H15N3O2/c1-3-7-13-11(16)6-5-10-8-14-12(15-9-10)17-4-2/h3,5-6,8-9H,1,4,7H2,2H3,(H,13,16)/b6-5+. The average Bonchev–Trinajstić information content (AvgIpc) is 2.36. The second kappa shape index (κ2) is 7.16. The van der Waals surface area contributed by atoms with Gasteiger partial charge in [-0.3, -0.25) is 4.79 Å². The molecule has 1 rings (SSSR count). The fraction of sp³-hybridized carbons (Fsp3) is 0.250. The van der Waals surface area contributed by atoms with Crippen molar-refractivity contribution < 1.29 is 9.53 Å². The van der Waals surface area contributed by atoms with Crippen LogP contribution in [0.25, 0.3) is 6.08 Å². The van der Waals surface area contributed by atoms with Crippen molar-refractivity contribution in [2.24, 2.45) is 0 Å². The number of hydrogen-bond acceptors (Lipinski definition) is 4. The van der Waals surface area contributed by atoms with Gasteiger partial charge >= 0.3 is 6.01 Å². The summed E-state index contributed by atoms with van der Waals surface area (Å²) in [6, 6.07) is 0.334. The lowest BCUT2D eigenvalue weighted by Crippen LogP contribution is -2.20. The fourth-order valence-electron chi connectivity index (χ4n) is 1.02. The van der Waals surface area contributed by atoms with Gasteiger partial charge in [-0.15, -0.1) is 6.58 Å². The summed E-state index contributed by atoms with van der Waals surface area (Å²) in [4.78, 5) is 19.2. The molecule has 0 aliphatic heterocycles. The molecule has 0 atom stereocenters. The Morgan fingerprint density at radius 2 is 2.24 bits per heavy atom. The normalized spacial score (nSPS) is 10.2. The molecule has 5 nitrogen and oxygen atoms in total. The highest BCUT2D eigenvalue weighted by atomic mass is 16.5. The van der Waals surface area contributed by atoms with Crippen LogP contribution in [0, 0.1) is 0 Å². The number of nitrogens with one attached hydrogen (secondary N) is 1. The monoisotopic (exact) mass is 233 g/mol. The van der Waals surface area contributed by atoms with E-state index in [2.05, 4.69) is 21.9 Å². The lowest BCUT2D eigenvalue weighted by molar-refractivity contribution is -0.116. The zero-order valence-electron chi connectivity index (χ0n) is 9.72. The highest BCUT2D eigenvalue weighted by Gasteiger charge is 1.96. The molecule has 0 saturated carbocycles. The molecule has 1 heterocycles. The number of carbonyl (C=O) groups is 1. The van der Waals surface area contributed by atoms with Crippen molar-refractivity contribution in [3.8, 4) is 6.01 Å². The number of hydrogen-bond donors (Lipinski definition) is 1. The first-order valence-corrected chi connectivity index (χ1v) is 5.28. The molecule has 90 valence electrons. The molecule has 0 aliphatic carbocycles.